The second kappa shape index (κ2) is 5.51. The average Bonchev–Trinajstić information content (AvgIpc) is 2.26. The lowest BCUT2D eigenvalue weighted by Gasteiger charge is -2.09. The summed E-state index contributed by atoms with van der Waals surface area (Å²) < 4.78 is 4.82. The van der Waals surface area contributed by atoms with Crippen molar-refractivity contribution in [3.8, 4) is 5.75 Å². The van der Waals surface area contributed by atoms with Crippen LogP contribution in [0.4, 0.5) is 0 Å². The summed E-state index contributed by atoms with van der Waals surface area (Å²) in [6, 6.07) is 3.44. The van der Waals surface area contributed by atoms with E-state index in [4.69, 9.17) is 4.74 Å². The normalized spacial score (nSPS) is 10.2. The van der Waals surface area contributed by atoms with Gasteiger partial charge in [-0.2, -0.15) is 0 Å². The standard InChI is InChI=1S/C12H17NO3/c1-8-4-5-10(11(14)9(8)2)12(15)13-6-7-16-3/h4-5,14H,6-7H2,1-3H3,(H,13,15). The molecule has 0 aliphatic rings. The third-order valence-electron chi connectivity index (χ3n) is 2.54. The van der Waals surface area contributed by atoms with Crippen molar-refractivity contribution in [2.24, 2.45) is 0 Å². The second-order valence-electron chi connectivity index (χ2n) is 3.65. The molecule has 1 aromatic rings. The van der Waals surface area contributed by atoms with Crippen molar-refractivity contribution >= 4 is 5.91 Å². The van der Waals surface area contributed by atoms with Gasteiger partial charge in [-0.05, 0) is 31.0 Å². The van der Waals surface area contributed by atoms with Crippen molar-refractivity contribution in [3.05, 3.63) is 28.8 Å². The maximum Gasteiger partial charge on any atom is 0.255 e. The molecule has 4 nitrogen and oxygen atoms in total. The van der Waals surface area contributed by atoms with Crippen molar-refractivity contribution in [1.29, 1.82) is 0 Å². The van der Waals surface area contributed by atoms with Gasteiger partial charge in [-0.25, -0.2) is 0 Å². The highest BCUT2D eigenvalue weighted by molar-refractivity contribution is 5.97. The predicted molar refractivity (Wildman–Crippen MR) is 61.8 cm³/mol. The quantitative estimate of drug-likeness (QED) is 0.758. The first-order valence-electron chi connectivity index (χ1n) is 5.14. The van der Waals surface area contributed by atoms with Crippen LogP contribution in [0.2, 0.25) is 0 Å². The maximum absolute atomic E-state index is 11.7. The fraction of sp³-hybridized carbons (Fsp3) is 0.417. The van der Waals surface area contributed by atoms with Crippen LogP contribution in [0.1, 0.15) is 21.5 Å². The molecular formula is C12H17NO3. The van der Waals surface area contributed by atoms with E-state index in [0.29, 0.717) is 18.7 Å². The molecule has 0 aromatic heterocycles. The molecule has 0 heterocycles. The summed E-state index contributed by atoms with van der Waals surface area (Å²) in [6.07, 6.45) is 0. The summed E-state index contributed by atoms with van der Waals surface area (Å²) >= 11 is 0. The predicted octanol–water partition coefficient (Wildman–Crippen LogP) is 1.39. The van der Waals surface area contributed by atoms with Crippen molar-refractivity contribution < 1.29 is 14.6 Å². The molecule has 16 heavy (non-hydrogen) atoms. The Kier molecular flexibility index (Phi) is 4.31. The highest BCUT2D eigenvalue weighted by atomic mass is 16.5. The minimum Gasteiger partial charge on any atom is -0.507 e. The number of phenolic OH excluding ortho intramolecular Hbond substituents is 1. The molecule has 0 atom stereocenters. The van der Waals surface area contributed by atoms with E-state index in [1.807, 2.05) is 13.0 Å². The first kappa shape index (κ1) is 12.5. The number of aromatic hydroxyl groups is 1. The molecule has 0 saturated carbocycles. The average molecular weight is 223 g/mol. The fourth-order valence-corrected chi connectivity index (χ4v) is 1.35. The number of methoxy groups -OCH3 is 1. The SMILES string of the molecule is COCCNC(=O)c1ccc(C)c(C)c1O. The maximum atomic E-state index is 11.7. The molecule has 4 heteroatoms. The molecule has 88 valence electrons. The fourth-order valence-electron chi connectivity index (χ4n) is 1.35. The Hall–Kier alpha value is -1.55. The number of benzene rings is 1. The Morgan fingerprint density at radius 2 is 2.12 bits per heavy atom. The van der Waals surface area contributed by atoms with Gasteiger partial charge < -0.3 is 15.2 Å². The van der Waals surface area contributed by atoms with Gasteiger partial charge in [0, 0.05) is 13.7 Å². The number of hydrogen-bond donors (Lipinski definition) is 2. The smallest absolute Gasteiger partial charge is 0.255 e. The van der Waals surface area contributed by atoms with Crippen LogP contribution in [-0.4, -0.2) is 31.3 Å². The molecule has 2 N–H and O–H groups in total. The number of ether oxygens (including phenoxy) is 1. The van der Waals surface area contributed by atoms with Gasteiger partial charge in [-0.1, -0.05) is 6.07 Å². The summed E-state index contributed by atoms with van der Waals surface area (Å²) in [5, 5.41) is 12.5. The van der Waals surface area contributed by atoms with E-state index in [2.05, 4.69) is 5.32 Å². The number of carbonyl (C=O) groups excluding carboxylic acids is 1. The van der Waals surface area contributed by atoms with Crippen LogP contribution < -0.4 is 5.32 Å². The van der Waals surface area contributed by atoms with Crippen LogP contribution in [0.25, 0.3) is 0 Å². The summed E-state index contributed by atoms with van der Waals surface area (Å²) in [5.74, 6) is -0.229. The third kappa shape index (κ3) is 2.73. The highest BCUT2D eigenvalue weighted by Gasteiger charge is 2.13. The van der Waals surface area contributed by atoms with Gasteiger partial charge in [-0.15, -0.1) is 0 Å². The zero-order valence-electron chi connectivity index (χ0n) is 9.83. The van der Waals surface area contributed by atoms with E-state index >= 15 is 0 Å². The Balaban J connectivity index is 2.80. The topological polar surface area (TPSA) is 58.6 Å². The van der Waals surface area contributed by atoms with Gasteiger partial charge in [0.05, 0.1) is 12.2 Å². The monoisotopic (exact) mass is 223 g/mol. The van der Waals surface area contributed by atoms with Crippen LogP contribution in [0.3, 0.4) is 0 Å². The summed E-state index contributed by atoms with van der Waals surface area (Å²) in [6.45, 7) is 4.57. The van der Waals surface area contributed by atoms with E-state index in [-0.39, 0.29) is 11.7 Å². The van der Waals surface area contributed by atoms with Gasteiger partial charge in [0.1, 0.15) is 5.75 Å². The van der Waals surface area contributed by atoms with Crippen molar-refractivity contribution in [2.75, 3.05) is 20.3 Å². The minimum atomic E-state index is -0.280. The van der Waals surface area contributed by atoms with Crippen LogP contribution in [0.15, 0.2) is 12.1 Å². The molecule has 1 rings (SSSR count). The second-order valence-corrected chi connectivity index (χ2v) is 3.65. The van der Waals surface area contributed by atoms with Crippen LogP contribution in [0.5, 0.6) is 5.75 Å². The Morgan fingerprint density at radius 3 is 2.75 bits per heavy atom. The van der Waals surface area contributed by atoms with E-state index in [9.17, 15) is 9.90 Å². The third-order valence-corrected chi connectivity index (χ3v) is 2.54. The lowest BCUT2D eigenvalue weighted by atomic mass is 10.0. The molecule has 0 radical (unpaired) electrons. The molecule has 0 bridgehead atoms. The molecule has 0 unspecified atom stereocenters. The lowest BCUT2D eigenvalue weighted by molar-refractivity contribution is 0.0934. The highest BCUT2D eigenvalue weighted by Crippen LogP contribution is 2.24. The minimum absolute atomic E-state index is 0.0508. The van der Waals surface area contributed by atoms with Gasteiger partial charge >= 0.3 is 0 Å². The molecule has 1 amide bonds. The van der Waals surface area contributed by atoms with E-state index in [1.54, 1.807) is 20.1 Å². The number of nitrogens with one attached hydrogen (secondary N) is 1. The molecular weight excluding hydrogens is 206 g/mol. The summed E-state index contributed by atoms with van der Waals surface area (Å²) in [5.41, 5.74) is 2.00. The van der Waals surface area contributed by atoms with Gasteiger partial charge in [0.2, 0.25) is 0 Å². The molecule has 0 fully saturated rings. The molecule has 0 saturated heterocycles. The number of aryl methyl sites for hydroxylation is 1. The molecule has 0 aliphatic heterocycles. The number of hydrogen-bond acceptors (Lipinski definition) is 3. The lowest BCUT2D eigenvalue weighted by Crippen LogP contribution is -2.27. The zero-order valence-corrected chi connectivity index (χ0v) is 9.83. The first-order chi connectivity index (χ1) is 7.57. The van der Waals surface area contributed by atoms with E-state index < -0.39 is 0 Å². The largest absolute Gasteiger partial charge is 0.507 e. The molecule has 0 spiro atoms. The number of amides is 1. The van der Waals surface area contributed by atoms with Crippen molar-refractivity contribution in [1.82, 2.24) is 5.32 Å². The van der Waals surface area contributed by atoms with Gasteiger partial charge in [0.15, 0.2) is 0 Å². The summed E-state index contributed by atoms with van der Waals surface area (Å²) in [4.78, 5) is 11.7. The van der Waals surface area contributed by atoms with E-state index in [0.717, 1.165) is 11.1 Å². The zero-order chi connectivity index (χ0) is 12.1. The first-order valence-corrected chi connectivity index (χ1v) is 5.14. The number of rotatable bonds is 4. The van der Waals surface area contributed by atoms with Gasteiger partial charge in [0.25, 0.3) is 5.91 Å². The molecule has 1 aromatic carbocycles. The van der Waals surface area contributed by atoms with Gasteiger partial charge in [-0.3, -0.25) is 4.79 Å². The van der Waals surface area contributed by atoms with Crippen LogP contribution in [0, 0.1) is 13.8 Å². The summed E-state index contributed by atoms with van der Waals surface area (Å²) in [7, 11) is 1.57. The van der Waals surface area contributed by atoms with Crippen LogP contribution >= 0.6 is 0 Å². The Labute approximate surface area is 95.2 Å². The van der Waals surface area contributed by atoms with Crippen LogP contribution in [-0.2, 0) is 4.74 Å². The molecule has 0 aliphatic carbocycles. The number of carbonyl (C=O) groups is 1. The van der Waals surface area contributed by atoms with Crippen molar-refractivity contribution in [3.63, 3.8) is 0 Å². The van der Waals surface area contributed by atoms with E-state index in [1.165, 1.54) is 0 Å². The Bertz CT molecular complexity index is 388. The Morgan fingerprint density at radius 1 is 1.44 bits per heavy atom. The van der Waals surface area contributed by atoms with Crippen molar-refractivity contribution in [2.45, 2.75) is 13.8 Å². The number of phenols is 1.